The molecule has 9 nitrogen and oxygen atoms in total. The Balaban J connectivity index is 0.938. The summed E-state index contributed by atoms with van der Waals surface area (Å²) in [6.45, 7) is 10.7. The highest BCUT2D eigenvalue weighted by Crippen LogP contribution is 2.53. The number of piperazine rings is 1. The van der Waals surface area contributed by atoms with Crippen LogP contribution in [0.25, 0.3) is 11.0 Å². The van der Waals surface area contributed by atoms with Gasteiger partial charge in [-0.25, -0.2) is 4.98 Å². The Morgan fingerprint density at radius 1 is 0.961 bits per heavy atom. The molecule has 51 heavy (non-hydrogen) atoms. The fourth-order valence-electron chi connectivity index (χ4n) is 8.73. The van der Waals surface area contributed by atoms with Crippen LogP contribution in [0.4, 0.5) is 5.69 Å². The summed E-state index contributed by atoms with van der Waals surface area (Å²) in [5.74, 6) is 2.51. The van der Waals surface area contributed by atoms with Crippen LogP contribution in [0.5, 0.6) is 17.2 Å². The van der Waals surface area contributed by atoms with Crippen LogP contribution in [0.15, 0.2) is 85.5 Å². The van der Waals surface area contributed by atoms with Crippen molar-refractivity contribution in [1.29, 1.82) is 0 Å². The van der Waals surface area contributed by atoms with Crippen molar-refractivity contribution in [3.8, 4) is 17.2 Å². The molecule has 2 aromatic carbocycles. The number of hydrogen-bond acceptors (Lipinski definition) is 8. The van der Waals surface area contributed by atoms with Crippen LogP contribution in [0.2, 0.25) is 0 Å². The standard InChI is InChI=1S/C42H48N6O3/c1-29(2)38-25-43-14-11-37(38)39-27-46(26-30-4-8-35(50-3)9-5-30)18-19-48(39)34-22-42(23-34)12-16-47(17-13-42)33-7-6-32(28-49)40(21-33)51-36-20-31-10-15-44-41(31)45-24-36/h4-11,14-15,20-21,24-25,28-29,34,39H,12-13,16-19,22-23,26-27H2,1-3H3,(H,44,45). The van der Waals surface area contributed by atoms with Gasteiger partial charge in [0.2, 0.25) is 0 Å². The summed E-state index contributed by atoms with van der Waals surface area (Å²) in [4.78, 5) is 31.9. The van der Waals surface area contributed by atoms with E-state index >= 15 is 0 Å². The smallest absolute Gasteiger partial charge is 0.153 e. The molecule has 1 aliphatic carbocycles. The number of fused-ring (bicyclic) bond motifs is 1. The molecule has 1 N–H and O–H groups in total. The van der Waals surface area contributed by atoms with Gasteiger partial charge >= 0.3 is 0 Å². The van der Waals surface area contributed by atoms with Crippen LogP contribution >= 0.6 is 0 Å². The molecule has 0 amide bonds. The van der Waals surface area contributed by atoms with Crippen molar-refractivity contribution in [3.05, 3.63) is 108 Å². The normalized spacial score (nSPS) is 19.8. The lowest BCUT2D eigenvalue weighted by atomic mass is 9.59. The monoisotopic (exact) mass is 684 g/mol. The maximum absolute atomic E-state index is 11.9. The quantitative estimate of drug-likeness (QED) is 0.148. The molecule has 0 radical (unpaired) electrons. The Labute approximate surface area is 300 Å². The first-order valence-corrected chi connectivity index (χ1v) is 18.4. The number of hydrogen-bond donors (Lipinski definition) is 1. The molecule has 9 heteroatoms. The number of nitrogens with one attached hydrogen (secondary N) is 1. The van der Waals surface area contributed by atoms with Crippen LogP contribution in [-0.4, -0.2) is 76.9 Å². The molecule has 1 atom stereocenters. The molecule has 5 heterocycles. The first-order chi connectivity index (χ1) is 24.9. The molecule has 5 aromatic rings. The van der Waals surface area contributed by atoms with E-state index in [1.54, 1.807) is 13.3 Å². The highest BCUT2D eigenvalue weighted by molar-refractivity contribution is 5.81. The first kappa shape index (κ1) is 33.4. The van der Waals surface area contributed by atoms with Crippen molar-refractivity contribution in [2.45, 2.75) is 64.1 Å². The second-order valence-corrected chi connectivity index (χ2v) is 15.1. The van der Waals surface area contributed by atoms with E-state index in [1.807, 2.05) is 36.7 Å². The lowest BCUT2D eigenvalue weighted by molar-refractivity contribution is -0.0628. The average molecular weight is 685 g/mol. The van der Waals surface area contributed by atoms with Crippen molar-refractivity contribution in [2.24, 2.45) is 5.41 Å². The fraction of sp³-hybridized carbons (Fsp3) is 0.405. The van der Waals surface area contributed by atoms with Gasteiger partial charge in [0.25, 0.3) is 0 Å². The van der Waals surface area contributed by atoms with Gasteiger partial charge < -0.3 is 19.4 Å². The largest absolute Gasteiger partial charge is 0.497 e. The number of carbonyl (C=O) groups excluding carboxylic acids is 1. The summed E-state index contributed by atoms with van der Waals surface area (Å²) in [5.41, 5.74) is 6.98. The molecule has 2 saturated heterocycles. The van der Waals surface area contributed by atoms with Crippen LogP contribution in [0.3, 0.4) is 0 Å². The number of pyridine rings is 2. The van der Waals surface area contributed by atoms with Gasteiger partial charge in [0.05, 0.1) is 18.9 Å². The van der Waals surface area contributed by atoms with Crippen LogP contribution in [-0.2, 0) is 6.54 Å². The molecule has 1 saturated carbocycles. The molecule has 1 unspecified atom stereocenters. The number of H-pyrrole nitrogens is 1. The molecule has 0 bridgehead atoms. The van der Waals surface area contributed by atoms with Gasteiger partial charge in [-0.15, -0.1) is 0 Å². The van der Waals surface area contributed by atoms with Gasteiger partial charge in [-0.2, -0.15) is 0 Å². The third kappa shape index (κ3) is 6.85. The summed E-state index contributed by atoms with van der Waals surface area (Å²) in [7, 11) is 1.72. The van der Waals surface area contributed by atoms with E-state index in [-0.39, 0.29) is 0 Å². The second-order valence-electron chi connectivity index (χ2n) is 15.1. The summed E-state index contributed by atoms with van der Waals surface area (Å²) in [6.07, 6.45) is 13.4. The molecule has 1 spiro atoms. The zero-order valence-corrected chi connectivity index (χ0v) is 29.9. The summed E-state index contributed by atoms with van der Waals surface area (Å²) in [6, 6.07) is 21.6. The Morgan fingerprint density at radius 3 is 2.55 bits per heavy atom. The SMILES string of the molecule is COc1ccc(CN2CCN(C3CC4(CCN(c5ccc(C=O)c(Oc6cnc7[nH]ccc7c6)c5)CC4)C3)C(c3ccncc3C(C)C)C2)cc1. The maximum atomic E-state index is 11.9. The van der Waals surface area contributed by atoms with Crippen molar-refractivity contribution in [3.63, 3.8) is 0 Å². The Bertz CT molecular complexity index is 1970. The highest BCUT2D eigenvalue weighted by atomic mass is 16.5. The number of aromatic nitrogens is 3. The number of benzene rings is 2. The van der Waals surface area contributed by atoms with Gasteiger partial charge in [-0.3, -0.25) is 19.6 Å². The Kier molecular flexibility index (Phi) is 9.25. The van der Waals surface area contributed by atoms with E-state index in [4.69, 9.17) is 9.47 Å². The predicted octanol–water partition coefficient (Wildman–Crippen LogP) is 8.00. The number of piperidine rings is 1. The van der Waals surface area contributed by atoms with E-state index in [0.29, 0.717) is 40.5 Å². The summed E-state index contributed by atoms with van der Waals surface area (Å²) >= 11 is 0. The molecule has 3 aromatic heterocycles. The van der Waals surface area contributed by atoms with Crippen LogP contribution in [0, 0.1) is 5.41 Å². The zero-order chi connectivity index (χ0) is 35.0. The van der Waals surface area contributed by atoms with E-state index < -0.39 is 0 Å². The van der Waals surface area contributed by atoms with E-state index in [9.17, 15) is 4.79 Å². The average Bonchev–Trinajstić information content (AvgIpc) is 3.62. The Morgan fingerprint density at radius 2 is 1.78 bits per heavy atom. The minimum atomic E-state index is 0.350. The molecular weight excluding hydrogens is 637 g/mol. The second kappa shape index (κ2) is 14.1. The third-order valence-corrected chi connectivity index (χ3v) is 11.7. The molecule has 3 fully saturated rings. The van der Waals surface area contributed by atoms with Crippen LogP contribution in [0.1, 0.15) is 78.5 Å². The minimum Gasteiger partial charge on any atom is -0.497 e. The molecule has 8 rings (SSSR count). The molecule has 264 valence electrons. The predicted molar refractivity (Wildman–Crippen MR) is 201 cm³/mol. The Hall–Kier alpha value is -4.73. The van der Waals surface area contributed by atoms with Crippen molar-refractivity contribution < 1.29 is 14.3 Å². The van der Waals surface area contributed by atoms with Gasteiger partial charge in [-0.05, 0) is 96.2 Å². The van der Waals surface area contributed by atoms with Gasteiger partial charge in [0.15, 0.2) is 6.29 Å². The van der Waals surface area contributed by atoms with Crippen molar-refractivity contribution in [2.75, 3.05) is 44.7 Å². The molecule has 2 aliphatic heterocycles. The first-order valence-electron chi connectivity index (χ1n) is 18.4. The number of aromatic amines is 1. The van der Waals surface area contributed by atoms with E-state index in [1.165, 1.54) is 42.4 Å². The van der Waals surface area contributed by atoms with Crippen molar-refractivity contribution in [1.82, 2.24) is 24.8 Å². The van der Waals surface area contributed by atoms with Gasteiger partial charge in [0.1, 0.15) is 22.9 Å². The minimum absolute atomic E-state index is 0.350. The van der Waals surface area contributed by atoms with E-state index in [2.05, 4.69) is 86.1 Å². The highest BCUT2D eigenvalue weighted by Gasteiger charge is 2.50. The molecule has 3 aliphatic rings. The van der Waals surface area contributed by atoms with Crippen LogP contribution < -0.4 is 14.4 Å². The number of carbonyl (C=O) groups is 1. The number of rotatable bonds is 10. The number of methoxy groups -OCH3 is 1. The third-order valence-electron chi connectivity index (χ3n) is 11.7. The van der Waals surface area contributed by atoms with Crippen molar-refractivity contribution >= 4 is 23.0 Å². The lowest BCUT2D eigenvalue weighted by Crippen LogP contribution is -2.60. The number of anilines is 1. The summed E-state index contributed by atoms with van der Waals surface area (Å²) < 4.78 is 11.6. The number of nitrogens with zero attached hydrogens (tertiary/aromatic N) is 5. The van der Waals surface area contributed by atoms with E-state index in [0.717, 1.165) is 68.0 Å². The molecular formula is C42H48N6O3. The number of aldehydes is 1. The fourth-order valence-corrected chi connectivity index (χ4v) is 8.73. The van der Waals surface area contributed by atoms with Gasteiger partial charge in [0, 0.05) is 87.1 Å². The maximum Gasteiger partial charge on any atom is 0.153 e. The van der Waals surface area contributed by atoms with Gasteiger partial charge in [-0.1, -0.05) is 26.0 Å². The lowest BCUT2D eigenvalue weighted by Gasteiger charge is -2.58. The topological polar surface area (TPSA) is 86.8 Å². The summed E-state index contributed by atoms with van der Waals surface area (Å²) in [5, 5.41) is 0.972. The number of ether oxygens (including phenoxy) is 2. The zero-order valence-electron chi connectivity index (χ0n) is 29.9.